The van der Waals surface area contributed by atoms with E-state index in [4.69, 9.17) is 9.84 Å². The summed E-state index contributed by atoms with van der Waals surface area (Å²) in [5, 5.41) is 12.3. The lowest BCUT2D eigenvalue weighted by atomic mass is 10.1. The molecule has 0 aromatic carbocycles. The molecule has 2 N–H and O–H groups in total. The van der Waals surface area contributed by atoms with Crippen molar-refractivity contribution in [2.75, 3.05) is 19.7 Å². The Hall–Kier alpha value is -0.810. The summed E-state index contributed by atoms with van der Waals surface area (Å²) >= 11 is 0. The molecule has 1 aliphatic rings. The normalized spacial score (nSPS) is 26.7. The summed E-state index contributed by atoms with van der Waals surface area (Å²) in [5.41, 5.74) is -0.476. The molecule has 1 heterocycles. The highest BCUT2D eigenvalue weighted by Gasteiger charge is 2.32. The maximum atomic E-state index is 11.9. The van der Waals surface area contributed by atoms with Crippen molar-refractivity contribution in [3.05, 3.63) is 0 Å². The summed E-state index contributed by atoms with van der Waals surface area (Å²) in [4.78, 5) is 13.5. The van der Waals surface area contributed by atoms with Crippen LogP contribution in [0.2, 0.25) is 0 Å². The van der Waals surface area contributed by atoms with Gasteiger partial charge in [0.15, 0.2) is 0 Å². The smallest absolute Gasteiger partial charge is 0.410 e. The lowest BCUT2D eigenvalue weighted by molar-refractivity contribution is 0.00443. The number of aliphatic hydroxyl groups is 1. The number of hydrogen-bond acceptors (Lipinski definition) is 4. The number of piperazine rings is 1. The summed E-state index contributed by atoms with van der Waals surface area (Å²) in [7, 11) is 0. The van der Waals surface area contributed by atoms with Gasteiger partial charge in [0.05, 0.1) is 12.6 Å². The van der Waals surface area contributed by atoms with Gasteiger partial charge in [0, 0.05) is 19.1 Å². The van der Waals surface area contributed by atoms with Gasteiger partial charge >= 0.3 is 6.09 Å². The number of nitrogens with one attached hydrogen (secondary N) is 1. The Morgan fingerprint density at radius 3 is 2.69 bits per heavy atom. The van der Waals surface area contributed by atoms with Crippen LogP contribution in [-0.4, -0.2) is 53.5 Å². The molecule has 0 aromatic heterocycles. The predicted molar refractivity (Wildman–Crippen MR) is 61.3 cm³/mol. The fraction of sp³-hybridized carbons (Fsp3) is 0.909. The zero-order chi connectivity index (χ0) is 12.3. The van der Waals surface area contributed by atoms with Crippen molar-refractivity contribution in [2.45, 2.75) is 45.4 Å². The number of amides is 1. The first-order chi connectivity index (χ1) is 7.35. The van der Waals surface area contributed by atoms with Crippen LogP contribution in [0, 0.1) is 0 Å². The fourth-order valence-corrected chi connectivity index (χ4v) is 1.76. The van der Waals surface area contributed by atoms with Gasteiger partial charge in [-0.25, -0.2) is 4.79 Å². The molecular formula is C11H22N2O3. The molecule has 0 saturated carbocycles. The number of aliphatic hydroxyl groups excluding tert-OH is 1. The van der Waals surface area contributed by atoms with E-state index >= 15 is 0 Å². The molecular weight excluding hydrogens is 208 g/mol. The number of rotatable bonds is 1. The Kier molecular flexibility index (Phi) is 4.15. The van der Waals surface area contributed by atoms with Crippen LogP contribution in [0.15, 0.2) is 0 Å². The van der Waals surface area contributed by atoms with Crippen LogP contribution < -0.4 is 5.32 Å². The first kappa shape index (κ1) is 13.3. The molecule has 1 amide bonds. The van der Waals surface area contributed by atoms with E-state index in [9.17, 15) is 4.79 Å². The second-order valence-electron chi connectivity index (χ2n) is 5.16. The molecule has 0 aliphatic carbocycles. The second kappa shape index (κ2) is 5.01. The summed E-state index contributed by atoms with van der Waals surface area (Å²) in [6.07, 6.45) is -0.306. The first-order valence-corrected chi connectivity index (χ1v) is 5.69. The Labute approximate surface area is 96.8 Å². The molecule has 1 rings (SSSR count). The highest BCUT2D eigenvalue weighted by molar-refractivity contribution is 5.68. The minimum Gasteiger partial charge on any atom is -0.444 e. The van der Waals surface area contributed by atoms with Gasteiger partial charge in [0.2, 0.25) is 0 Å². The average Bonchev–Trinajstić information content (AvgIpc) is 2.15. The zero-order valence-corrected chi connectivity index (χ0v) is 10.5. The zero-order valence-electron chi connectivity index (χ0n) is 10.5. The van der Waals surface area contributed by atoms with Gasteiger partial charge in [-0.1, -0.05) is 0 Å². The number of ether oxygens (including phenoxy) is 1. The van der Waals surface area contributed by atoms with E-state index in [1.54, 1.807) is 4.90 Å². The monoisotopic (exact) mass is 230 g/mol. The molecule has 0 bridgehead atoms. The largest absolute Gasteiger partial charge is 0.444 e. The quantitative estimate of drug-likeness (QED) is 0.691. The minimum atomic E-state index is -0.476. The molecule has 0 aromatic rings. The molecule has 1 saturated heterocycles. The number of hydrogen-bond donors (Lipinski definition) is 2. The van der Waals surface area contributed by atoms with Crippen LogP contribution in [0.4, 0.5) is 4.79 Å². The van der Waals surface area contributed by atoms with Crippen LogP contribution in [-0.2, 0) is 4.74 Å². The third-order valence-electron chi connectivity index (χ3n) is 2.66. The molecule has 1 fully saturated rings. The minimum absolute atomic E-state index is 0.0282. The summed E-state index contributed by atoms with van der Waals surface area (Å²) in [5.74, 6) is 0. The topological polar surface area (TPSA) is 61.8 Å². The van der Waals surface area contributed by atoms with Crippen molar-refractivity contribution >= 4 is 6.09 Å². The molecule has 94 valence electrons. The van der Waals surface area contributed by atoms with Crippen molar-refractivity contribution < 1.29 is 14.6 Å². The number of nitrogens with zero attached hydrogens (tertiary/aromatic N) is 1. The van der Waals surface area contributed by atoms with E-state index in [0.29, 0.717) is 13.1 Å². The maximum Gasteiger partial charge on any atom is 0.410 e. The van der Waals surface area contributed by atoms with Gasteiger partial charge in [-0.15, -0.1) is 0 Å². The molecule has 5 nitrogen and oxygen atoms in total. The van der Waals surface area contributed by atoms with Gasteiger partial charge in [-0.3, -0.25) is 0 Å². The molecule has 5 heteroatoms. The molecule has 1 aliphatic heterocycles. The first-order valence-electron chi connectivity index (χ1n) is 5.69. The Morgan fingerprint density at radius 2 is 2.19 bits per heavy atom. The SMILES string of the molecule is C[C@@H]1[C@H](CO)NCCN1C(=O)OC(C)(C)C. The predicted octanol–water partition coefficient (Wildman–Crippen LogP) is 0.576. The van der Waals surface area contributed by atoms with Crippen LogP contribution in [0.1, 0.15) is 27.7 Å². The molecule has 0 unspecified atom stereocenters. The highest BCUT2D eigenvalue weighted by Crippen LogP contribution is 2.15. The van der Waals surface area contributed by atoms with Crippen molar-refractivity contribution in [3.8, 4) is 0 Å². The van der Waals surface area contributed by atoms with Gasteiger partial charge in [0.1, 0.15) is 5.60 Å². The van der Waals surface area contributed by atoms with Gasteiger partial charge in [0.25, 0.3) is 0 Å². The summed E-state index contributed by atoms with van der Waals surface area (Å²) in [6, 6.07) is -0.116. The van der Waals surface area contributed by atoms with Crippen LogP contribution in [0.3, 0.4) is 0 Å². The molecule has 0 radical (unpaired) electrons. The van der Waals surface area contributed by atoms with Crippen LogP contribution in [0.25, 0.3) is 0 Å². The molecule has 0 spiro atoms. The molecule has 16 heavy (non-hydrogen) atoms. The van der Waals surface area contributed by atoms with Crippen molar-refractivity contribution in [1.82, 2.24) is 10.2 Å². The van der Waals surface area contributed by atoms with Gasteiger partial charge in [-0.2, -0.15) is 0 Å². The number of carbonyl (C=O) groups excluding carboxylic acids is 1. The third kappa shape index (κ3) is 3.35. The fourth-order valence-electron chi connectivity index (χ4n) is 1.76. The summed E-state index contributed by atoms with van der Waals surface area (Å²) in [6.45, 7) is 8.79. The molecule has 2 atom stereocenters. The van der Waals surface area contributed by atoms with E-state index in [1.807, 2.05) is 27.7 Å². The van der Waals surface area contributed by atoms with Crippen molar-refractivity contribution in [1.29, 1.82) is 0 Å². The lowest BCUT2D eigenvalue weighted by Crippen LogP contribution is -2.60. The standard InChI is InChI=1S/C11H22N2O3/c1-8-9(7-14)12-5-6-13(8)10(15)16-11(2,3)4/h8-9,12,14H,5-7H2,1-4H3/t8-,9+/m1/s1. The van der Waals surface area contributed by atoms with E-state index in [1.165, 1.54) is 0 Å². The van der Waals surface area contributed by atoms with E-state index in [0.717, 1.165) is 0 Å². The Morgan fingerprint density at radius 1 is 1.56 bits per heavy atom. The van der Waals surface area contributed by atoms with Crippen LogP contribution >= 0.6 is 0 Å². The Bertz CT molecular complexity index is 250. The second-order valence-corrected chi connectivity index (χ2v) is 5.16. The van der Waals surface area contributed by atoms with E-state index in [-0.39, 0.29) is 24.8 Å². The summed E-state index contributed by atoms with van der Waals surface area (Å²) < 4.78 is 5.32. The van der Waals surface area contributed by atoms with Crippen molar-refractivity contribution in [2.24, 2.45) is 0 Å². The third-order valence-corrected chi connectivity index (χ3v) is 2.66. The van der Waals surface area contributed by atoms with Crippen LogP contribution in [0.5, 0.6) is 0 Å². The maximum absolute atomic E-state index is 11.9. The van der Waals surface area contributed by atoms with Crippen molar-refractivity contribution in [3.63, 3.8) is 0 Å². The highest BCUT2D eigenvalue weighted by atomic mass is 16.6. The van der Waals surface area contributed by atoms with E-state index in [2.05, 4.69) is 5.32 Å². The van der Waals surface area contributed by atoms with E-state index < -0.39 is 5.60 Å². The average molecular weight is 230 g/mol. The lowest BCUT2D eigenvalue weighted by Gasteiger charge is -2.39. The Balaban J connectivity index is 2.61. The number of carbonyl (C=O) groups is 1. The van der Waals surface area contributed by atoms with Gasteiger partial charge < -0.3 is 20.1 Å². The van der Waals surface area contributed by atoms with Gasteiger partial charge in [-0.05, 0) is 27.7 Å².